The van der Waals surface area contributed by atoms with E-state index in [2.05, 4.69) is 26.3 Å². The number of piperazine rings is 1. The number of nitrogens with one attached hydrogen (secondary N) is 4. The molecule has 0 amide bonds. The summed E-state index contributed by atoms with van der Waals surface area (Å²) >= 11 is -1.70. The zero-order valence-corrected chi connectivity index (χ0v) is 18.1. The lowest BCUT2D eigenvalue weighted by Crippen LogP contribution is -2.44. The Kier molecular flexibility index (Phi) is 7.62. The summed E-state index contributed by atoms with van der Waals surface area (Å²) in [6, 6.07) is 3.35. The summed E-state index contributed by atoms with van der Waals surface area (Å²) in [7, 11) is -4.31. The molecule has 2 aliphatic heterocycles. The zero-order chi connectivity index (χ0) is 21.7. The highest BCUT2D eigenvalue weighted by molar-refractivity contribution is 7.93. The lowest BCUT2D eigenvalue weighted by Gasteiger charge is -2.32. The Hall–Kier alpha value is -1.81. The Balaban J connectivity index is 2.06. The van der Waals surface area contributed by atoms with Crippen LogP contribution in [0, 0.1) is 5.53 Å². The summed E-state index contributed by atoms with van der Waals surface area (Å²) in [6.45, 7) is 4.27. The molecule has 12 nitrogen and oxygen atoms in total. The van der Waals surface area contributed by atoms with Crippen molar-refractivity contribution >= 4 is 32.7 Å². The fourth-order valence-electron chi connectivity index (χ4n) is 3.64. The van der Waals surface area contributed by atoms with E-state index in [4.69, 9.17) is 16.4 Å². The normalized spacial score (nSPS) is 21.6. The maximum atomic E-state index is 13.0. The van der Waals surface area contributed by atoms with Gasteiger partial charge in [-0.05, 0) is 25.1 Å². The molecular formula is C16H27N9O3S2. The molecule has 14 heteroatoms. The van der Waals surface area contributed by atoms with Gasteiger partial charge in [-0.3, -0.25) is 5.32 Å². The summed E-state index contributed by atoms with van der Waals surface area (Å²) in [5, 5.41) is 21.6. The van der Waals surface area contributed by atoms with Crippen molar-refractivity contribution in [2.24, 2.45) is 21.2 Å². The number of anilines is 1. The number of amidine groups is 1. The zero-order valence-electron chi connectivity index (χ0n) is 16.4. The Bertz CT molecular complexity index is 897. The van der Waals surface area contributed by atoms with Crippen molar-refractivity contribution in [1.82, 2.24) is 16.0 Å². The number of benzene rings is 1. The van der Waals surface area contributed by atoms with Crippen molar-refractivity contribution in [3.8, 4) is 0 Å². The maximum Gasteiger partial charge on any atom is 0.243 e. The molecule has 2 aliphatic rings. The van der Waals surface area contributed by atoms with Gasteiger partial charge in [-0.2, -0.15) is 5.53 Å². The third kappa shape index (κ3) is 5.26. The molecule has 0 spiro atoms. The first kappa shape index (κ1) is 22.9. The first-order valence-electron chi connectivity index (χ1n) is 9.51. The van der Waals surface area contributed by atoms with Gasteiger partial charge in [0.2, 0.25) is 10.0 Å². The Morgan fingerprint density at radius 2 is 2.07 bits per heavy atom. The SMILES string of the molecule is N=N/N=C(\N)c1c(N2CCNCC2)ccc([S+]([O-])CN[C@@H]2CCNC2)c1S(N)(=O)=O. The highest BCUT2D eigenvalue weighted by Gasteiger charge is 2.33. The summed E-state index contributed by atoms with van der Waals surface area (Å²) in [5.74, 6) is -0.199. The Morgan fingerprint density at radius 1 is 1.33 bits per heavy atom. The second-order valence-electron chi connectivity index (χ2n) is 7.04. The van der Waals surface area contributed by atoms with Crippen LogP contribution in [0.2, 0.25) is 0 Å². The minimum absolute atomic E-state index is 0.0313. The monoisotopic (exact) mass is 457 g/mol. The molecule has 30 heavy (non-hydrogen) atoms. The average molecular weight is 458 g/mol. The molecular weight excluding hydrogens is 430 g/mol. The molecule has 0 bridgehead atoms. The van der Waals surface area contributed by atoms with Crippen LogP contribution in [-0.4, -0.2) is 70.0 Å². The highest BCUT2D eigenvalue weighted by atomic mass is 32.2. The first-order valence-corrected chi connectivity index (χ1v) is 12.4. The molecule has 8 N–H and O–H groups in total. The molecule has 0 aliphatic carbocycles. The molecule has 1 aromatic rings. The minimum Gasteiger partial charge on any atom is -0.610 e. The molecule has 3 rings (SSSR count). The molecule has 0 radical (unpaired) electrons. The maximum absolute atomic E-state index is 13.0. The van der Waals surface area contributed by atoms with Gasteiger partial charge in [0, 0.05) is 55.6 Å². The standard InChI is InChI=1S/C16H27N9O3S2/c17-16(23-24-18)14-12(25-7-5-20-6-8-25)1-2-13(15(14)30(19,27)28)29(26)10-22-11-3-4-21-9-11/h1-2,11,20-22H,3-10H2,(H3,17,18,23)(H2,19,27,28)/t11-,29?/m1/s1. The van der Waals surface area contributed by atoms with Crippen molar-refractivity contribution in [3.05, 3.63) is 17.7 Å². The van der Waals surface area contributed by atoms with E-state index in [0.717, 1.165) is 19.5 Å². The van der Waals surface area contributed by atoms with Crippen LogP contribution in [0.3, 0.4) is 0 Å². The summed E-state index contributed by atoms with van der Waals surface area (Å²) in [5.41, 5.74) is 13.5. The molecule has 0 aromatic heterocycles. The van der Waals surface area contributed by atoms with E-state index in [9.17, 15) is 13.0 Å². The van der Waals surface area contributed by atoms with Crippen LogP contribution in [0.4, 0.5) is 5.69 Å². The topological polar surface area (TPSA) is 197 Å². The van der Waals surface area contributed by atoms with Crippen LogP contribution < -0.4 is 31.7 Å². The third-order valence-corrected chi connectivity index (χ3v) is 7.45. The number of primary sulfonamides is 1. The van der Waals surface area contributed by atoms with Crippen LogP contribution in [0.1, 0.15) is 12.0 Å². The average Bonchev–Trinajstić information content (AvgIpc) is 3.25. The molecule has 166 valence electrons. The van der Waals surface area contributed by atoms with E-state index in [-0.39, 0.29) is 33.1 Å². The molecule has 2 heterocycles. The van der Waals surface area contributed by atoms with Crippen molar-refractivity contribution < 1.29 is 13.0 Å². The number of rotatable bonds is 8. The number of hydrogen-bond acceptors (Lipinski definition) is 9. The predicted molar refractivity (Wildman–Crippen MR) is 114 cm³/mol. The lowest BCUT2D eigenvalue weighted by molar-refractivity contribution is 0.553. The van der Waals surface area contributed by atoms with Crippen molar-refractivity contribution in [2.75, 3.05) is 50.0 Å². The second-order valence-corrected chi connectivity index (χ2v) is 9.96. The fourth-order valence-corrected chi connectivity index (χ4v) is 6.18. The van der Waals surface area contributed by atoms with Crippen molar-refractivity contribution in [1.29, 1.82) is 5.53 Å². The molecule has 1 aromatic carbocycles. The molecule has 2 saturated heterocycles. The van der Waals surface area contributed by atoms with Crippen molar-refractivity contribution in [2.45, 2.75) is 22.3 Å². The van der Waals surface area contributed by atoms with Gasteiger partial charge in [0.25, 0.3) is 0 Å². The second kappa shape index (κ2) is 10.00. The van der Waals surface area contributed by atoms with Crippen LogP contribution in [0.5, 0.6) is 0 Å². The molecule has 0 saturated carbocycles. The fraction of sp³-hybridized carbons (Fsp3) is 0.562. The van der Waals surface area contributed by atoms with Gasteiger partial charge in [0.1, 0.15) is 4.90 Å². The number of nitrogens with zero attached hydrogens (tertiary/aromatic N) is 3. The summed E-state index contributed by atoms with van der Waals surface area (Å²) in [4.78, 5) is 1.66. The van der Waals surface area contributed by atoms with Gasteiger partial charge in [0.05, 0.1) is 5.56 Å². The van der Waals surface area contributed by atoms with Gasteiger partial charge in [-0.1, -0.05) is 5.22 Å². The van der Waals surface area contributed by atoms with Crippen molar-refractivity contribution in [3.63, 3.8) is 0 Å². The predicted octanol–water partition coefficient (Wildman–Crippen LogP) is -1.59. The minimum atomic E-state index is -4.31. The third-order valence-electron chi connectivity index (χ3n) is 5.06. The van der Waals surface area contributed by atoms with Gasteiger partial charge >= 0.3 is 0 Å². The summed E-state index contributed by atoms with van der Waals surface area (Å²) in [6.07, 6.45) is 0.900. The van der Waals surface area contributed by atoms with Gasteiger partial charge in [0.15, 0.2) is 16.6 Å². The smallest absolute Gasteiger partial charge is 0.243 e. The van der Waals surface area contributed by atoms with Crippen LogP contribution >= 0.6 is 0 Å². The number of hydrogen-bond donors (Lipinski definition) is 6. The lowest BCUT2D eigenvalue weighted by atomic mass is 10.1. The largest absolute Gasteiger partial charge is 0.610 e. The van der Waals surface area contributed by atoms with E-state index < -0.39 is 21.2 Å². The summed E-state index contributed by atoms with van der Waals surface area (Å²) < 4.78 is 38.2. The van der Waals surface area contributed by atoms with Gasteiger partial charge in [-0.15, -0.1) is 5.10 Å². The molecule has 1 unspecified atom stereocenters. The van der Waals surface area contributed by atoms with Gasteiger partial charge < -0.3 is 25.8 Å². The van der Waals surface area contributed by atoms with Crippen LogP contribution in [-0.2, 0) is 21.2 Å². The molecule has 2 atom stereocenters. The van der Waals surface area contributed by atoms with Crippen LogP contribution in [0.15, 0.2) is 32.2 Å². The number of nitrogens with two attached hydrogens (primary N) is 2. The molecule has 2 fully saturated rings. The van der Waals surface area contributed by atoms with E-state index in [1.165, 1.54) is 6.07 Å². The van der Waals surface area contributed by atoms with E-state index in [1.54, 1.807) is 6.07 Å². The highest BCUT2D eigenvalue weighted by Crippen LogP contribution is 2.33. The Labute approximate surface area is 178 Å². The van der Waals surface area contributed by atoms with Crippen LogP contribution in [0.25, 0.3) is 0 Å². The van der Waals surface area contributed by atoms with Gasteiger partial charge in [-0.25, -0.2) is 13.6 Å². The van der Waals surface area contributed by atoms with E-state index in [0.29, 0.717) is 31.9 Å². The quantitative estimate of drug-likeness (QED) is 0.0882. The first-order chi connectivity index (χ1) is 14.3. The number of sulfonamides is 1. The van der Waals surface area contributed by atoms with E-state index >= 15 is 0 Å². The van der Waals surface area contributed by atoms with E-state index in [1.807, 2.05) is 4.90 Å². The Morgan fingerprint density at radius 3 is 2.67 bits per heavy atom.